The molecule has 1 aromatic carbocycles. The van der Waals surface area contributed by atoms with E-state index in [1.54, 1.807) is 0 Å². The highest BCUT2D eigenvalue weighted by Crippen LogP contribution is 2.28. The summed E-state index contributed by atoms with van der Waals surface area (Å²) >= 11 is 5.62. The van der Waals surface area contributed by atoms with Crippen molar-refractivity contribution >= 4 is 39.2 Å². The van der Waals surface area contributed by atoms with Crippen LogP contribution in [-0.4, -0.2) is 24.8 Å². The van der Waals surface area contributed by atoms with Crippen LogP contribution in [0.15, 0.2) is 23.1 Å². The van der Waals surface area contributed by atoms with Gasteiger partial charge in [-0.05, 0) is 18.2 Å². The first kappa shape index (κ1) is 14.6. The van der Waals surface area contributed by atoms with Crippen LogP contribution in [-0.2, 0) is 19.7 Å². The number of carbonyl (C=O) groups is 2. The maximum absolute atomic E-state index is 11.3. The topological polar surface area (TPSA) is 91.8 Å². The van der Waals surface area contributed by atoms with E-state index in [4.69, 9.17) is 16.2 Å². The van der Waals surface area contributed by atoms with Crippen LogP contribution in [0.1, 0.15) is 13.8 Å². The van der Waals surface area contributed by atoms with Crippen molar-refractivity contribution in [1.82, 2.24) is 0 Å². The number of amides is 2. The quantitative estimate of drug-likeness (QED) is 0.833. The number of benzene rings is 1. The third kappa shape index (κ3) is 3.06. The van der Waals surface area contributed by atoms with Gasteiger partial charge in [0.05, 0.1) is 5.69 Å². The molecular weight excluding hydrogens is 282 g/mol. The van der Waals surface area contributed by atoms with Crippen molar-refractivity contribution in [3.05, 3.63) is 23.2 Å². The highest BCUT2D eigenvalue weighted by atomic mass is 35.5. The van der Waals surface area contributed by atoms with Gasteiger partial charge in [-0.3, -0.25) is 14.1 Å². The fraction of sp³-hybridized carbons (Fsp3) is 0.200. The molecule has 0 atom stereocenters. The number of anilines is 1. The highest BCUT2D eigenvalue weighted by Gasteiger charge is 2.25. The molecule has 0 radical (unpaired) electrons. The average Bonchev–Trinajstić information content (AvgIpc) is 2.17. The van der Waals surface area contributed by atoms with E-state index in [0.717, 1.165) is 19.9 Å². The largest absolute Gasteiger partial charge is 0.296 e. The number of imide groups is 1. The van der Waals surface area contributed by atoms with Gasteiger partial charge >= 0.3 is 0 Å². The minimum atomic E-state index is -4.60. The average molecular weight is 292 g/mol. The zero-order valence-electron chi connectivity index (χ0n) is 9.55. The predicted octanol–water partition coefficient (Wildman–Crippen LogP) is 1.49. The van der Waals surface area contributed by atoms with Crippen molar-refractivity contribution in [2.75, 3.05) is 4.90 Å². The van der Waals surface area contributed by atoms with Crippen molar-refractivity contribution in [2.24, 2.45) is 0 Å². The molecule has 0 bridgehead atoms. The van der Waals surface area contributed by atoms with Gasteiger partial charge in [0.1, 0.15) is 4.90 Å². The molecular formula is C10H10ClNO5S. The van der Waals surface area contributed by atoms with E-state index in [9.17, 15) is 18.0 Å². The summed E-state index contributed by atoms with van der Waals surface area (Å²) in [5, 5.41) is 0.0541. The van der Waals surface area contributed by atoms with Crippen LogP contribution in [0.3, 0.4) is 0 Å². The van der Waals surface area contributed by atoms with Gasteiger partial charge in [-0.2, -0.15) is 8.42 Å². The summed E-state index contributed by atoms with van der Waals surface area (Å²) in [7, 11) is -4.60. The summed E-state index contributed by atoms with van der Waals surface area (Å²) in [4.78, 5) is 22.7. The first-order valence-electron chi connectivity index (χ1n) is 4.73. The van der Waals surface area contributed by atoms with Gasteiger partial charge in [0.2, 0.25) is 11.8 Å². The molecule has 0 fully saturated rings. The van der Waals surface area contributed by atoms with E-state index in [1.807, 2.05) is 0 Å². The highest BCUT2D eigenvalue weighted by molar-refractivity contribution is 7.86. The molecule has 0 heterocycles. The molecule has 0 aromatic heterocycles. The van der Waals surface area contributed by atoms with Crippen molar-refractivity contribution in [3.63, 3.8) is 0 Å². The maximum atomic E-state index is 11.3. The summed E-state index contributed by atoms with van der Waals surface area (Å²) in [5.74, 6) is -1.34. The number of halogens is 1. The van der Waals surface area contributed by atoms with Crippen LogP contribution < -0.4 is 4.90 Å². The van der Waals surface area contributed by atoms with Crippen LogP contribution in [0.25, 0.3) is 0 Å². The SMILES string of the molecule is CC(=O)N(C(C)=O)c1ccc(Cl)cc1S(=O)(=O)O. The Morgan fingerprint density at radius 2 is 1.72 bits per heavy atom. The molecule has 0 aliphatic rings. The van der Waals surface area contributed by atoms with E-state index in [1.165, 1.54) is 12.1 Å². The molecule has 0 aliphatic carbocycles. The van der Waals surface area contributed by atoms with Crippen molar-refractivity contribution < 1.29 is 22.6 Å². The Hall–Kier alpha value is -1.44. The minimum Gasteiger partial charge on any atom is -0.282 e. The fourth-order valence-electron chi connectivity index (χ4n) is 1.44. The number of nitrogens with zero attached hydrogens (tertiary/aromatic N) is 1. The van der Waals surface area contributed by atoms with Crippen LogP contribution in [0.2, 0.25) is 5.02 Å². The lowest BCUT2D eigenvalue weighted by Gasteiger charge is -2.19. The minimum absolute atomic E-state index is 0.0541. The molecule has 1 aromatic rings. The Morgan fingerprint density at radius 3 is 2.11 bits per heavy atom. The molecule has 1 rings (SSSR count). The monoisotopic (exact) mass is 291 g/mol. The summed E-state index contributed by atoms with van der Waals surface area (Å²) < 4.78 is 31.5. The van der Waals surface area contributed by atoms with E-state index in [-0.39, 0.29) is 10.7 Å². The number of hydrogen-bond donors (Lipinski definition) is 1. The normalized spacial score (nSPS) is 11.1. The molecule has 6 nitrogen and oxygen atoms in total. The van der Waals surface area contributed by atoms with Gasteiger partial charge in [0, 0.05) is 18.9 Å². The molecule has 0 saturated heterocycles. The second kappa shape index (κ2) is 5.05. The standard InChI is InChI=1S/C10H10ClNO5S/c1-6(13)12(7(2)14)9-4-3-8(11)5-10(9)18(15,16)17/h3-5H,1-2H3,(H,15,16,17). The Labute approximate surface area is 109 Å². The lowest BCUT2D eigenvalue weighted by Crippen LogP contribution is -2.34. The molecule has 8 heteroatoms. The Kier molecular flexibility index (Phi) is 4.10. The van der Waals surface area contributed by atoms with E-state index < -0.39 is 26.8 Å². The lowest BCUT2D eigenvalue weighted by molar-refractivity contribution is -0.124. The molecule has 0 unspecified atom stereocenters. The second-order valence-electron chi connectivity index (χ2n) is 3.46. The smallest absolute Gasteiger partial charge is 0.282 e. The first-order chi connectivity index (χ1) is 8.14. The van der Waals surface area contributed by atoms with Gasteiger partial charge < -0.3 is 0 Å². The van der Waals surface area contributed by atoms with Crippen molar-refractivity contribution in [1.29, 1.82) is 0 Å². The molecule has 2 amide bonds. The van der Waals surface area contributed by atoms with Crippen LogP contribution >= 0.6 is 11.6 Å². The molecule has 0 saturated carbocycles. The summed E-state index contributed by atoms with van der Waals surface area (Å²) in [6.45, 7) is 2.20. The van der Waals surface area contributed by atoms with Crippen LogP contribution in [0.5, 0.6) is 0 Å². The predicted molar refractivity (Wildman–Crippen MR) is 65.1 cm³/mol. The van der Waals surface area contributed by atoms with Crippen LogP contribution in [0.4, 0.5) is 5.69 Å². The Balaban J connectivity index is 3.59. The molecule has 0 aliphatic heterocycles. The summed E-state index contributed by atoms with van der Waals surface area (Å²) in [6, 6.07) is 3.45. The lowest BCUT2D eigenvalue weighted by atomic mass is 10.2. The molecule has 18 heavy (non-hydrogen) atoms. The van der Waals surface area contributed by atoms with Crippen molar-refractivity contribution in [3.8, 4) is 0 Å². The summed E-state index contributed by atoms with van der Waals surface area (Å²) in [6.07, 6.45) is 0. The molecule has 1 N–H and O–H groups in total. The van der Waals surface area contributed by atoms with Crippen molar-refractivity contribution in [2.45, 2.75) is 18.7 Å². The Morgan fingerprint density at radius 1 is 1.22 bits per heavy atom. The number of hydrogen-bond acceptors (Lipinski definition) is 4. The number of rotatable bonds is 2. The Bertz CT molecular complexity index is 597. The van der Waals surface area contributed by atoms with Gasteiger partial charge in [-0.15, -0.1) is 0 Å². The summed E-state index contributed by atoms with van der Waals surface area (Å²) in [5.41, 5.74) is -0.234. The molecule has 0 spiro atoms. The zero-order valence-corrected chi connectivity index (χ0v) is 11.1. The van der Waals surface area contributed by atoms with Crippen LogP contribution in [0, 0.1) is 0 Å². The van der Waals surface area contributed by atoms with E-state index >= 15 is 0 Å². The fourth-order valence-corrected chi connectivity index (χ4v) is 2.38. The van der Waals surface area contributed by atoms with Gasteiger partial charge in [0.15, 0.2) is 0 Å². The van der Waals surface area contributed by atoms with E-state index in [0.29, 0.717) is 4.90 Å². The van der Waals surface area contributed by atoms with Gasteiger partial charge in [0.25, 0.3) is 10.1 Å². The second-order valence-corrected chi connectivity index (χ2v) is 5.29. The van der Waals surface area contributed by atoms with E-state index in [2.05, 4.69) is 0 Å². The first-order valence-corrected chi connectivity index (χ1v) is 6.54. The third-order valence-electron chi connectivity index (χ3n) is 2.07. The number of carbonyl (C=O) groups excluding carboxylic acids is 2. The zero-order chi connectivity index (χ0) is 14.1. The maximum Gasteiger partial charge on any atom is 0.296 e. The van der Waals surface area contributed by atoms with Gasteiger partial charge in [-0.25, -0.2) is 4.90 Å². The molecule has 98 valence electrons. The van der Waals surface area contributed by atoms with Gasteiger partial charge in [-0.1, -0.05) is 11.6 Å². The third-order valence-corrected chi connectivity index (χ3v) is 3.19.